The molecule has 0 aliphatic heterocycles. The Morgan fingerprint density at radius 3 is 2.59 bits per heavy atom. The van der Waals surface area contributed by atoms with E-state index in [0.717, 1.165) is 29.3 Å². The lowest BCUT2D eigenvalue weighted by atomic mass is 9.71. The van der Waals surface area contributed by atoms with Gasteiger partial charge >= 0.3 is 5.95 Å². The molecule has 5 heteroatoms. The fraction of sp³-hybridized carbons (Fsp3) is 0.588. The fourth-order valence-electron chi connectivity index (χ4n) is 4.04. The summed E-state index contributed by atoms with van der Waals surface area (Å²) in [5, 5.41) is 8.19. The number of aryl methyl sites for hydroxylation is 1. The Kier molecular flexibility index (Phi) is 3.67. The van der Waals surface area contributed by atoms with Crippen LogP contribution in [-0.2, 0) is 7.05 Å². The summed E-state index contributed by atoms with van der Waals surface area (Å²) in [7, 11) is 1.96. The molecule has 3 rings (SSSR count). The smallest absolute Gasteiger partial charge is 0.288 e. The summed E-state index contributed by atoms with van der Waals surface area (Å²) >= 11 is 0. The average molecular weight is 301 g/mol. The van der Waals surface area contributed by atoms with Gasteiger partial charge in [0, 0.05) is 6.07 Å². The van der Waals surface area contributed by atoms with Crippen LogP contribution in [0.25, 0.3) is 11.0 Å². The second-order valence-corrected chi connectivity index (χ2v) is 7.56. The molecule has 1 aromatic heterocycles. The lowest BCUT2D eigenvalue weighted by Gasteiger charge is -2.37. The van der Waals surface area contributed by atoms with Gasteiger partial charge in [-0.15, -0.1) is 4.68 Å². The molecule has 0 radical (unpaired) electrons. The molecule has 1 aliphatic rings. The Morgan fingerprint density at radius 1 is 1.23 bits per heavy atom. The van der Waals surface area contributed by atoms with E-state index in [1.54, 1.807) is 4.68 Å². The summed E-state index contributed by atoms with van der Waals surface area (Å²) in [5.74, 6) is 7.74. The zero-order valence-corrected chi connectivity index (χ0v) is 14.0. The normalized spacial score (nSPS) is 24.4. The summed E-state index contributed by atoms with van der Waals surface area (Å²) in [4.78, 5) is 0. The van der Waals surface area contributed by atoms with Gasteiger partial charge < -0.3 is 0 Å². The highest BCUT2D eigenvalue weighted by Crippen LogP contribution is 2.39. The van der Waals surface area contributed by atoms with Crippen molar-refractivity contribution in [3.05, 3.63) is 24.3 Å². The predicted octanol–water partition coefficient (Wildman–Crippen LogP) is 1.69. The molecule has 5 nitrogen and oxygen atoms in total. The molecular weight excluding hydrogens is 274 g/mol. The molecule has 0 spiro atoms. The third-order valence-electron chi connectivity index (χ3n) is 4.68. The van der Waals surface area contributed by atoms with Crippen LogP contribution in [0.5, 0.6) is 0 Å². The Bertz CT molecular complexity index is 695. The molecule has 0 bridgehead atoms. The number of hydrogen-bond acceptors (Lipinski definition) is 3. The van der Waals surface area contributed by atoms with Crippen LogP contribution >= 0.6 is 0 Å². The molecule has 1 aromatic carbocycles. The Morgan fingerprint density at radius 2 is 1.91 bits per heavy atom. The molecule has 22 heavy (non-hydrogen) atoms. The number of nitrogens with two attached hydrogens (primary N) is 1. The van der Waals surface area contributed by atoms with E-state index < -0.39 is 0 Å². The monoisotopic (exact) mass is 301 g/mol. The maximum absolute atomic E-state index is 6.29. The van der Waals surface area contributed by atoms with Gasteiger partial charge in [-0.2, -0.15) is 0 Å². The minimum Gasteiger partial charge on any atom is -0.288 e. The second kappa shape index (κ2) is 5.38. The Hall–Kier alpha value is -1.91. The Labute approximate surface area is 132 Å². The predicted molar refractivity (Wildman–Crippen MR) is 87.5 cm³/mol. The summed E-state index contributed by atoms with van der Waals surface area (Å²) in [6.45, 7) is 7.03. The molecule has 3 N–H and O–H groups in total. The molecular formula is C17H27N5+2. The van der Waals surface area contributed by atoms with Crippen LogP contribution in [-0.4, -0.2) is 11.1 Å². The van der Waals surface area contributed by atoms with Gasteiger partial charge in [0.05, 0.1) is 6.04 Å². The van der Waals surface area contributed by atoms with Crippen LogP contribution in [0.1, 0.15) is 40.0 Å². The van der Waals surface area contributed by atoms with Crippen molar-refractivity contribution in [2.24, 2.45) is 18.4 Å². The van der Waals surface area contributed by atoms with Crippen molar-refractivity contribution in [1.82, 2.24) is 5.10 Å². The van der Waals surface area contributed by atoms with E-state index in [1.807, 2.05) is 36.0 Å². The van der Waals surface area contributed by atoms with Gasteiger partial charge in [0.1, 0.15) is 0 Å². The van der Waals surface area contributed by atoms with E-state index in [1.165, 1.54) is 12.8 Å². The zero-order chi connectivity index (χ0) is 15.9. The number of nitrogens with zero attached hydrogens (tertiary/aromatic N) is 3. The molecule has 2 unspecified atom stereocenters. The quantitative estimate of drug-likeness (QED) is 0.655. The van der Waals surface area contributed by atoms with Crippen molar-refractivity contribution in [3.63, 3.8) is 0 Å². The highest BCUT2D eigenvalue weighted by atomic mass is 15.4. The highest BCUT2D eigenvalue weighted by molar-refractivity contribution is 5.67. The summed E-state index contributed by atoms with van der Waals surface area (Å²) < 4.78 is 3.56. The maximum Gasteiger partial charge on any atom is 0.480 e. The van der Waals surface area contributed by atoms with Crippen molar-refractivity contribution in [2.75, 3.05) is 11.2 Å². The van der Waals surface area contributed by atoms with Crippen LogP contribution in [0.2, 0.25) is 0 Å². The van der Waals surface area contributed by atoms with Gasteiger partial charge in [-0.3, -0.25) is 11.2 Å². The summed E-state index contributed by atoms with van der Waals surface area (Å²) in [6.07, 6.45) is 3.60. The van der Waals surface area contributed by atoms with Crippen molar-refractivity contribution in [2.45, 2.75) is 46.1 Å². The molecule has 0 amide bonds. The molecule has 1 saturated carbocycles. The van der Waals surface area contributed by atoms with E-state index in [9.17, 15) is 0 Å². The summed E-state index contributed by atoms with van der Waals surface area (Å²) in [5.41, 5.74) is 2.37. The van der Waals surface area contributed by atoms with Crippen molar-refractivity contribution >= 4 is 17.0 Å². The first-order valence-corrected chi connectivity index (χ1v) is 8.08. The molecule has 1 heterocycles. The number of nitrogen functional groups attached to an aromatic ring is 1. The fourth-order valence-corrected chi connectivity index (χ4v) is 4.04. The minimum atomic E-state index is 0.369. The van der Waals surface area contributed by atoms with E-state index in [2.05, 4.69) is 31.2 Å². The van der Waals surface area contributed by atoms with Crippen molar-refractivity contribution < 1.29 is 9.36 Å². The third kappa shape index (κ3) is 2.85. The first-order chi connectivity index (χ1) is 10.4. The average Bonchev–Trinajstić information content (AvgIpc) is 2.42. The zero-order valence-electron chi connectivity index (χ0n) is 14.0. The maximum atomic E-state index is 6.29. The molecule has 1 fully saturated rings. The number of aromatic nitrogens is 3. The first-order valence-electron chi connectivity index (χ1n) is 8.08. The van der Waals surface area contributed by atoms with Gasteiger partial charge in [0.25, 0.3) is 5.52 Å². The van der Waals surface area contributed by atoms with Crippen LogP contribution in [0.15, 0.2) is 24.3 Å². The van der Waals surface area contributed by atoms with E-state index >= 15 is 0 Å². The van der Waals surface area contributed by atoms with Gasteiger partial charge in [0.2, 0.25) is 5.52 Å². The number of nitrogens with one attached hydrogen (secondary N) is 1. The number of benzene rings is 1. The lowest BCUT2D eigenvalue weighted by molar-refractivity contribution is -0.727. The lowest BCUT2D eigenvalue weighted by Crippen LogP contribution is -2.55. The molecule has 0 saturated heterocycles. The topological polar surface area (TPSA) is 58.7 Å². The Balaban J connectivity index is 1.92. The van der Waals surface area contributed by atoms with E-state index in [-0.39, 0.29) is 0 Å². The number of hydrogen-bond donors (Lipinski definition) is 2. The number of rotatable bonds is 2. The molecule has 1 aliphatic carbocycles. The number of para-hydroxylation sites is 2. The summed E-state index contributed by atoms with van der Waals surface area (Å²) in [6, 6.07) is 8.47. The number of anilines is 1. The van der Waals surface area contributed by atoms with Gasteiger partial charge in [-0.05, 0) is 41.3 Å². The van der Waals surface area contributed by atoms with Crippen LogP contribution in [0.3, 0.4) is 0 Å². The van der Waals surface area contributed by atoms with Crippen molar-refractivity contribution in [1.29, 1.82) is 0 Å². The van der Waals surface area contributed by atoms with Gasteiger partial charge in [-0.1, -0.05) is 32.9 Å². The van der Waals surface area contributed by atoms with E-state index in [4.69, 9.17) is 5.84 Å². The van der Waals surface area contributed by atoms with Crippen molar-refractivity contribution in [3.8, 4) is 0 Å². The minimum absolute atomic E-state index is 0.369. The van der Waals surface area contributed by atoms with Crippen LogP contribution < -0.4 is 20.5 Å². The molecule has 2 atom stereocenters. The van der Waals surface area contributed by atoms with Crippen LogP contribution in [0, 0.1) is 11.3 Å². The standard InChI is InChI=1S/C17H26N5/c1-12-9-13(11-17(2,3)10-12)19-16-20-21(4)14-7-5-6-8-15(14)22(16)18/h5-8,12-13H,9-11,18H2,1-4H3/q+1/p+1. The SMILES string of the molecule is CC1CC(Nc2n[n+](C)c3ccccc3[n+]2N)CC(C)(C)C1. The molecule has 118 valence electrons. The number of fused-ring (bicyclic) bond motifs is 1. The van der Waals surface area contributed by atoms with E-state index in [0.29, 0.717) is 11.5 Å². The van der Waals surface area contributed by atoms with Gasteiger partial charge in [0.15, 0.2) is 12.1 Å². The first kappa shape index (κ1) is 15.0. The largest absolute Gasteiger partial charge is 0.480 e. The molecule has 2 aromatic rings. The third-order valence-corrected chi connectivity index (χ3v) is 4.68. The second-order valence-electron chi connectivity index (χ2n) is 7.56. The van der Waals surface area contributed by atoms with Crippen LogP contribution in [0.4, 0.5) is 5.95 Å². The highest BCUT2D eigenvalue weighted by Gasteiger charge is 2.35. The van der Waals surface area contributed by atoms with Gasteiger partial charge in [-0.25, -0.2) is 0 Å².